The zero-order valence-electron chi connectivity index (χ0n) is 16.3. The van der Waals surface area contributed by atoms with Gasteiger partial charge in [0.25, 0.3) is 0 Å². The second kappa shape index (κ2) is 12.9. The molecule has 7 heteroatoms. The number of rotatable bonds is 8. The van der Waals surface area contributed by atoms with Crippen molar-refractivity contribution in [1.82, 2.24) is 15.6 Å². The molecule has 0 spiro atoms. The Morgan fingerprint density at radius 3 is 2.82 bits per heavy atom. The molecular weight excluding hydrogens is 483 g/mol. The molecule has 3 rings (SSSR count). The molecule has 0 bridgehead atoms. The maximum absolute atomic E-state index is 5.81. The standard InChI is InChI=1S/C21H28N4OS.HI/c1-2-22-21(25-15-19-9-6-12-27-19)24-14-18-10-11-23-20(13-18)26-16-17-7-4-3-5-8-17;/h3-5,7-8,10-11,13,19H,2,6,9,12,14-16H2,1H3,(H2,22,24,25);1H. The Kier molecular flexibility index (Phi) is 10.5. The van der Waals surface area contributed by atoms with E-state index in [0.29, 0.717) is 24.3 Å². The van der Waals surface area contributed by atoms with E-state index in [0.717, 1.165) is 30.2 Å². The second-order valence-corrected chi connectivity index (χ2v) is 7.90. The minimum Gasteiger partial charge on any atom is -0.473 e. The number of thioether (sulfide) groups is 1. The third-order valence-electron chi connectivity index (χ3n) is 4.31. The van der Waals surface area contributed by atoms with Crippen LogP contribution in [0.2, 0.25) is 0 Å². The number of nitrogens with one attached hydrogen (secondary N) is 2. The number of nitrogens with zero attached hydrogens (tertiary/aromatic N) is 2. The van der Waals surface area contributed by atoms with Gasteiger partial charge in [-0.15, -0.1) is 24.0 Å². The highest BCUT2D eigenvalue weighted by Gasteiger charge is 2.15. The predicted octanol–water partition coefficient (Wildman–Crippen LogP) is 4.23. The number of pyridine rings is 1. The van der Waals surface area contributed by atoms with Gasteiger partial charge in [0.15, 0.2) is 5.96 Å². The molecule has 0 saturated carbocycles. The largest absolute Gasteiger partial charge is 0.473 e. The van der Waals surface area contributed by atoms with Gasteiger partial charge in [-0.1, -0.05) is 30.3 Å². The van der Waals surface area contributed by atoms with E-state index in [-0.39, 0.29) is 24.0 Å². The summed E-state index contributed by atoms with van der Waals surface area (Å²) < 4.78 is 5.81. The average molecular weight is 512 g/mol. The van der Waals surface area contributed by atoms with Crippen molar-refractivity contribution in [2.45, 2.75) is 38.2 Å². The Bertz CT molecular complexity index is 723. The van der Waals surface area contributed by atoms with Crippen molar-refractivity contribution < 1.29 is 4.74 Å². The third-order valence-corrected chi connectivity index (χ3v) is 5.71. The smallest absolute Gasteiger partial charge is 0.213 e. The van der Waals surface area contributed by atoms with Gasteiger partial charge >= 0.3 is 0 Å². The molecular formula is C21H29IN4OS. The molecule has 1 aromatic carbocycles. The number of guanidine groups is 1. The van der Waals surface area contributed by atoms with Gasteiger partial charge in [0.05, 0.1) is 6.54 Å². The Hall–Kier alpha value is -1.48. The Labute approximate surface area is 189 Å². The van der Waals surface area contributed by atoms with E-state index < -0.39 is 0 Å². The van der Waals surface area contributed by atoms with Crippen LogP contribution < -0.4 is 15.4 Å². The maximum Gasteiger partial charge on any atom is 0.213 e. The van der Waals surface area contributed by atoms with E-state index in [4.69, 9.17) is 9.73 Å². The number of halogens is 1. The van der Waals surface area contributed by atoms with E-state index in [2.05, 4.69) is 34.3 Å². The first-order chi connectivity index (χ1) is 13.3. The highest BCUT2D eigenvalue weighted by Crippen LogP contribution is 2.25. The fourth-order valence-electron chi connectivity index (χ4n) is 2.89. The van der Waals surface area contributed by atoms with E-state index >= 15 is 0 Å². The quantitative estimate of drug-likeness (QED) is 0.315. The minimum atomic E-state index is 0. The molecule has 1 aliphatic heterocycles. The SMILES string of the molecule is CCNC(=NCc1ccnc(OCc2ccccc2)c1)NCC1CCCS1.I. The van der Waals surface area contributed by atoms with Crippen LogP contribution in [0.4, 0.5) is 0 Å². The molecule has 1 aromatic heterocycles. The van der Waals surface area contributed by atoms with Crippen molar-refractivity contribution in [2.24, 2.45) is 4.99 Å². The molecule has 0 aliphatic carbocycles. The van der Waals surface area contributed by atoms with Crippen LogP contribution in [0.25, 0.3) is 0 Å². The van der Waals surface area contributed by atoms with Gasteiger partial charge < -0.3 is 15.4 Å². The van der Waals surface area contributed by atoms with Crippen molar-refractivity contribution in [3.8, 4) is 5.88 Å². The van der Waals surface area contributed by atoms with Crippen molar-refractivity contribution in [3.05, 3.63) is 59.8 Å². The molecule has 0 amide bonds. The predicted molar refractivity (Wildman–Crippen MR) is 129 cm³/mol. The van der Waals surface area contributed by atoms with Gasteiger partial charge in [0.2, 0.25) is 5.88 Å². The number of ether oxygens (including phenoxy) is 1. The first-order valence-corrected chi connectivity index (χ1v) is 10.6. The van der Waals surface area contributed by atoms with Crippen LogP contribution >= 0.6 is 35.7 Å². The molecule has 28 heavy (non-hydrogen) atoms. The van der Waals surface area contributed by atoms with Crippen LogP contribution in [0.1, 0.15) is 30.9 Å². The van der Waals surface area contributed by atoms with Crippen molar-refractivity contribution in [1.29, 1.82) is 0 Å². The molecule has 1 aliphatic rings. The molecule has 1 saturated heterocycles. The van der Waals surface area contributed by atoms with Gasteiger partial charge in [0.1, 0.15) is 6.61 Å². The lowest BCUT2D eigenvalue weighted by molar-refractivity contribution is 0.293. The summed E-state index contributed by atoms with van der Waals surface area (Å²) in [4.78, 5) is 9.01. The minimum absolute atomic E-state index is 0. The molecule has 1 fully saturated rings. The van der Waals surface area contributed by atoms with Crippen LogP contribution in [0.5, 0.6) is 5.88 Å². The zero-order chi connectivity index (χ0) is 18.7. The lowest BCUT2D eigenvalue weighted by atomic mass is 10.2. The summed E-state index contributed by atoms with van der Waals surface area (Å²) in [7, 11) is 0. The van der Waals surface area contributed by atoms with E-state index in [9.17, 15) is 0 Å². The fourth-order valence-corrected chi connectivity index (χ4v) is 4.09. The molecule has 152 valence electrons. The van der Waals surface area contributed by atoms with Gasteiger partial charge in [-0.2, -0.15) is 11.8 Å². The van der Waals surface area contributed by atoms with Gasteiger partial charge in [-0.25, -0.2) is 9.98 Å². The average Bonchev–Trinajstić information content (AvgIpc) is 3.23. The maximum atomic E-state index is 5.81. The molecule has 2 aromatic rings. The first kappa shape index (κ1) is 22.8. The number of aromatic nitrogens is 1. The van der Waals surface area contributed by atoms with Gasteiger partial charge in [-0.05, 0) is 42.7 Å². The normalized spacial score (nSPS) is 16.3. The molecule has 2 N–H and O–H groups in total. The van der Waals surface area contributed by atoms with Crippen molar-refractivity contribution in [3.63, 3.8) is 0 Å². The van der Waals surface area contributed by atoms with Crippen LogP contribution in [-0.4, -0.2) is 35.0 Å². The van der Waals surface area contributed by atoms with Crippen LogP contribution in [0.15, 0.2) is 53.7 Å². The number of benzene rings is 1. The van der Waals surface area contributed by atoms with Crippen LogP contribution in [0, 0.1) is 0 Å². The summed E-state index contributed by atoms with van der Waals surface area (Å²) in [5.74, 6) is 2.78. The number of aliphatic imine (C=N–C) groups is 1. The summed E-state index contributed by atoms with van der Waals surface area (Å²) in [6.07, 6.45) is 4.40. The van der Waals surface area contributed by atoms with Crippen LogP contribution in [-0.2, 0) is 13.2 Å². The summed E-state index contributed by atoms with van der Waals surface area (Å²) >= 11 is 2.05. The Balaban J connectivity index is 0.00000280. The third kappa shape index (κ3) is 7.87. The topological polar surface area (TPSA) is 58.5 Å². The summed E-state index contributed by atoms with van der Waals surface area (Å²) in [6, 6.07) is 14.1. The Morgan fingerprint density at radius 2 is 2.07 bits per heavy atom. The molecule has 5 nitrogen and oxygen atoms in total. The van der Waals surface area contributed by atoms with Crippen molar-refractivity contribution in [2.75, 3.05) is 18.8 Å². The van der Waals surface area contributed by atoms with Gasteiger partial charge in [-0.3, -0.25) is 0 Å². The lowest BCUT2D eigenvalue weighted by Crippen LogP contribution is -2.40. The molecule has 2 heterocycles. The van der Waals surface area contributed by atoms with Gasteiger partial charge in [0, 0.05) is 30.6 Å². The highest BCUT2D eigenvalue weighted by atomic mass is 127. The fraction of sp³-hybridized carbons (Fsp3) is 0.429. The summed E-state index contributed by atoms with van der Waals surface area (Å²) in [5.41, 5.74) is 2.21. The summed E-state index contributed by atoms with van der Waals surface area (Å²) in [5, 5.41) is 7.49. The van der Waals surface area contributed by atoms with E-state index in [1.165, 1.54) is 18.6 Å². The first-order valence-electron chi connectivity index (χ1n) is 9.59. The molecule has 1 unspecified atom stereocenters. The monoisotopic (exact) mass is 512 g/mol. The number of hydrogen-bond acceptors (Lipinski definition) is 4. The molecule has 0 radical (unpaired) electrons. The van der Waals surface area contributed by atoms with Crippen molar-refractivity contribution >= 4 is 41.7 Å². The second-order valence-electron chi connectivity index (χ2n) is 6.49. The number of hydrogen-bond donors (Lipinski definition) is 2. The summed E-state index contributed by atoms with van der Waals surface area (Å²) in [6.45, 7) is 5.02. The van der Waals surface area contributed by atoms with Crippen LogP contribution in [0.3, 0.4) is 0 Å². The van der Waals surface area contributed by atoms with E-state index in [1.54, 1.807) is 6.20 Å². The highest BCUT2D eigenvalue weighted by molar-refractivity contribution is 14.0. The lowest BCUT2D eigenvalue weighted by Gasteiger charge is -2.14. The zero-order valence-corrected chi connectivity index (χ0v) is 19.4. The Morgan fingerprint density at radius 1 is 1.21 bits per heavy atom. The molecule has 1 atom stereocenters. The van der Waals surface area contributed by atoms with E-state index in [1.807, 2.05) is 42.5 Å².